The number of halogens is 2. The predicted molar refractivity (Wildman–Crippen MR) is 39.3 cm³/mol. The quantitative estimate of drug-likeness (QED) is 0.631. The van der Waals surface area contributed by atoms with Crippen molar-refractivity contribution < 1.29 is 23.0 Å². The summed E-state index contributed by atoms with van der Waals surface area (Å²) in [4.78, 5) is 0. The van der Waals surface area contributed by atoms with Crippen LogP contribution in [0.1, 0.15) is 12.8 Å². The summed E-state index contributed by atoms with van der Waals surface area (Å²) in [6.45, 7) is -0.0302. The lowest BCUT2D eigenvalue weighted by Crippen LogP contribution is -2.39. The molecule has 0 spiro atoms. The van der Waals surface area contributed by atoms with Crippen LogP contribution in [0.15, 0.2) is 0 Å². The van der Waals surface area contributed by atoms with Gasteiger partial charge >= 0.3 is 6.11 Å². The number of fused-ring (bicyclic) bond motifs is 1. The molecule has 0 aromatic rings. The molecule has 0 aliphatic carbocycles. The van der Waals surface area contributed by atoms with E-state index in [9.17, 15) is 8.78 Å². The molecule has 3 nitrogen and oxygen atoms in total. The summed E-state index contributed by atoms with van der Waals surface area (Å²) in [6, 6.07) is 0. The highest BCUT2D eigenvalue weighted by atomic mass is 19.3. The minimum Gasteiger partial charge on any atom is -0.356 e. The van der Waals surface area contributed by atoms with E-state index in [1.54, 1.807) is 0 Å². The van der Waals surface area contributed by atoms with Gasteiger partial charge in [-0.3, -0.25) is 0 Å². The van der Waals surface area contributed by atoms with E-state index < -0.39 is 18.1 Å². The molecule has 13 heavy (non-hydrogen) atoms. The summed E-state index contributed by atoms with van der Waals surface area (Å²) in [6.07, 6.45) is -2.96. The van der Waals surface area contributed by atoms with Gasteiger partial charge in [0, 0.05) is 7.11 Å². The van der Waals surface area contributed by atoms with Crippen molar-refractivity contribution in [2.75, 3.05) is 13.7 Å². The van der Waals surface area contributed by atoms with Crippen LogP contribution in [-0.2, 0) is 14.2 Å². The zero-order chi connectivity index (χ0) is 9.47. The Labute approximate surface area is 75.0 Å². The van der Waals surface area contributed by atoms with Gasteiger partial charge in [-0.25, -0.2) is 0 Å². The van der Waals surface area contributed by atoms with Crippen LogP contribution in [-0.4, -0.2) is 32.2 Å². The fraction of sp³-hybridized carbons (Fsp3) is 1.00. The molecule has 0 aromatic carbocycles. The standard InChI is InChI=1S/C8H12F2O3/c1-11-7-3-2-5-6(13-7)4-12-8(5,9)10/h5-7H,2-4H2,1H3/t5-,6-,7+/m1/s1. The Morgan fingerprint density at radius 1 is 1.38 bits per heavy atom. The highest BCUT2D eigenvalue weighted by Gasteiger charge is 2.54. The fourth-order valence-corrected chi connectivity index (χ4v) is 1.87. The highest BCUT2D eigenvalue weighted by Crippen LogP contribution is 2.43. The van der Waals surface area contributed by atoms with Crippen molar-refractivity contribution in [1.82, 2.24) is 0 Å². The second-order valence-electron chi connectivity index (χ2n) is 3.40. The van der Waals surface area contributed by atoms with Crippen LogP contribution in [0.25, 0.3) is 0 Å². The molecule has 76 valence electrons. The van der Waals surface area contributed by atoms with Crippen LogP contribution in [0.5, 0.6) is 0 Å². The smallest absolute Gasteiger partial charge is 0.356 e. The monoisotopic (exact) mass is 194 g/mol. The topological polar surface area (TPSA) is 27.7 Å². The third-order valence-electron chi connectivity index (χ3n) is 2.62. The molecule has 2 saturated heterocycles. The van der Waals surface area contributed by atoms with E-state index in [1.165, 1.54) is 7.11 Å². The maximum Gasteiger partial charge on any atom is 0.361 e. The van der Waals surface area contributed by atoms with Gasteiger partial charge < -0.3 is 14.2 Å². The molecule has 0 aromatic heterocycles. The van der Waals surface area contributed by atoms with E-state index in [2.05, 4.69) is 4.74 Å². The first kappa shape index (κ1) is 9.30. The summed E-state index contributed by atoms with van der Waals surface area (Å²) in [5, 5.41) is 0. The van der Waals surface area contributed by atoms with Crippen LogP contribution >= 0.6 is 0 Å². The second-order valence-corrected chi connectivity index (χ2v) is 3.40. The first-order valence-electron chi connectivity index (χ1n) is 4.33. The van der Waals surface area contributed by atoms with Gasteiger partial charge in [0.2, 0.25) is 0 Å². The zero-order valence-corrected chi connectivity index (χ0v) is 7.33. The summed E-state index contributed by atoms with van der Waals surface area (Å²) in [5.41, 5.74) is 0. The van der Waals surface area contributed by atoms with Gasteiger partial charge in [-0.1, -0.05) is 0 Å². The van der Waals surface area contributed by atoms with E-state index in [0.717, 1.165) is 0 Å². The number of hydrogen-bond acceptors (Lipinski definition) is 3. The van der Waals surface area contributed by atoms with E-state index >= 15 is 0 Å². The lowest BCUT2D eigenvalue weighted by Gasteiger charge is -2.31. The van der Waals surface area contributed by atoms with Crippen LogP contribution in [0.4, 0.5) is 8.78 Å². The molecule has 3 atom stereocenters. The summed E-state index contributed by atoms with van der Waals surface area (Å²) in [5.74, 6) is -0.793. The third-order valence-corrected chi connectivity index (χ3v) is 2.62. The molecule has 2 aliphatic heterocycles. The molecular formula is C8H12F2O3. The molecule has 0 amide bonds. The maximum atomic E-state index is 13.0. The predicted octanol–water partition coefficient (Wildman–Crippen LogP) is 1.38. The fourth-order valence-electron chi connectivity index (χ4n) is 1.87. The molecule has 0 radical (unpaired) electrons. The van der Waals surface area contributed by atoms with Gasteiger partial charge in [-0.05, 0) is 12.8 Å². The van der Waals surface area contributed by atoms with Gasteiger partial charge in [-0.15, -0.1) is 0 Å². The number of ether oxygens (including phenoxy) is 3. The molecule has 2 heterocycles. The Kier molecular flexibility index (Phi) is 2.25. The number of methoxy groups -OCH3 is 1. The molecule has 0 saturated carbocycles. The number of hydrogen-bond donors (Lipinski definition) is 0. The van der Waals surface area contributed by atoms with Gasteiger partial charge in [-0.2, -0.15) is 8.78 Å². The van der Waals surface area contributed by atoms with Crippen molar-refractivity contribution in [2.45, 2.75) is 31.3 Å². The van der Waals surface area contributed by atoms with Gasteiger partial charge in [0.1, 0.15) is 0 Å². The van der Waals surface area contributed by atoms with Crippen molar-refractivity contribution in [3.8, 4) is 0 Å². The Bertz CT molecular complexity index is 198. The first-order chi connectivity index (χ1) is 6.13. The molecule has 2 aliphatic rings. The SMILES string of the molecule is CO[C@@H]1CC[C@@H]2[C@@H](COC2(F)F)O1. The first-order valence-corrected chi connectivity index (χ1v) is 4.33. The lowest BCUT2D eigenvalue weighted by atomic mass is 9.95. The van der Waals surface area contributed by atoms with Gasteiger partial charge in [0.25, 0.3) is 0 Å². The molecule has 2 fully saturated rings. The highest BCUT2D eigenvalue weighted by molar-refractivity contribution is 4.87. The van der Waals surface area contributed by atoms with Crippen molar-refractivity contribution >= 4 is 0 Å². The van der Waals surface area contributed by atoms with Gasteiger partial charge in [0.15, 0.2) is 6.29 Å². The summed E-state index contributed by atoms with van der Waals surface area (Å²) < 4.78 is 40.5. The molecule has 0 bridgehead atoms. The average molecular weight is 194 g/mol. The Morgan fingerprint density at radius 2 is 2.15 bits per heavy atom. The Morgan fingerprint density at radius 3 is 2.85 bits per heavy atom. The molecule has 0 unspecified atom stereocenters. The van der Waals surface area contributed by atoms with Crippen molar-refractivity contribution in [3.63, 3.8) is 0 Å². The second kappa shape index (κ2) is 3.15. The maximum absolute atomic E-state index is 13.0. The van der Waals surface area contributed by atoms with Crippen LogP contribution in [0, 0.1) is 5.92 Å². The van der Waals surface area contributed by atoms with E-state index in [1.807, 2.05) is 0 Å². The van der Waals surface area contributed by atoms with Crippen molar-refractivity contribution in [2.24, 2.45) is 5.92 Å². The number of alkyl halides is 2. The molecule has 5 heteroatoms. The Balaban J connectivity index is 2.02. The van der Waals surface area contributed by atoms with Crippen molar-refractivity contribution in [3.05, 3.63) is 0 Å². The van der Waals surface area contributed by atoms with E-state index in [4.69, 9.17) is 9.47 Å². The van der Waals surface area contributed by atoms with Crippen LogP contribution in [0.3, 0.4) is 0 Å². The minimum atomic E-state index is -3.01. The lowest BCUT2D eigenvalue weighted by molar-refractivity contribution is -0.248. The average Bonchev–Trinajstić information content (AvgIpc) is 2.42. The zero-order valence-electron chi connectivity index (χ0n) is 7.33. The molecular weight excluding hydrogens is 182 g/mol. The summed E-state index contributed by atoms with van der Waals surface area (Å²) >= 11 is 0. The third kappa shape index (κ3) is 1.56. The number of rotatable bonds is 1. The summed E-state index contributed by atoms with van der Waals surface area (Å²) in [7, 11) is 1.51. The molecule has 0 N–H and O–H groups in total. The van der Waals surface area contributed by atoms with Crippen LogP contribution < -0.4 is 0 Å². The van der Waals surface area contributed by atoms with E-state index in [-0.39, 0.29) is 12.9 Å². The van der Waals surface area contributed by atoms with Crippen molar-refractivity contribution in [1.29, 1.82) is 0 Å². The normalized spacial score (nSPS) is 43.2. The van der Waals surface area contributed by atoms with Crippen LogP contribution in [0.2, 0.25) is 0 Å². The molecule has 2 rings (SSSR count). The minimum absolute atomic E-state index is 0.0302. The van der Waals surface area contributed by atoms with Gasteiger partial charge in [0.05, 0.1) is 18.6 Å². The Hall–Kier alpha value is -0.260. The largest absolute Gasteiger partial charge is 0.361 e. The van der Waals surface area contributed by atoms with E-state index in [0.29, 0.717) is 12.8 Å².